The van der Waals surface area contributed by atoms with Crippen LogP contribution < -0.4 is 15.4 Å². The van der Waals surface area contributed by atoms with E-state index in [0.29, 0.717) is 12.5 Å². The molecule has 1 unspecified atom stereocenters. The Balaban J connectivity index is 0.00000288. The van der Waals surface area contributed by atoms with Crippen molar-refractivity contribution in [3.8, 4) is 5.75 Å². The number of nitrogens with zero attached hydrogens (tertiary/aromatic N) is 1. The van der Waals surface area contributed by atoms with Crippen molar-refractivity contribution in [3.05, 3.63) is 53.7 Å². The highest BCUT2D eigenvalue weighted by Crippen LogP contribution is 2.21. The van der Waals surface area contributed by atoms with E-state index in [0.717, 1.165) is 17.7 Å². The zero-order valence-corrected chi connectivity index (χ0v) is 16.3. The molecule has 0 bridgehead atoms. The summed E-state index contributed by atoms with van der Waals surface area (Å²) in [6.07, 6.45) is 2.42. The van der Waals surface area contributed by atoms with Crippen molar-refractivity contribution in [2.45, 2.75) is 19.4 Å². The summed E-state index contributed by atoms with van der Waals surface area (Å²) in [4.78, 5) is 4.17. The van der Waals surface area contributed by atoms with Crippen LogP contribution in [0.5, 0.6) is 5.75 Å². The van der Waals surface area contributed by atoms with Gasteiger partial charge in [0.2, 0.25) is 0 Å². The first-order valence-corrected chi connectivity index (χ1v) is 7.47. The minimum Gasteiger partial charge on any atom is -0.494 e. The number of halogens is 2. The van der Waals surface area contributed by atoms with E-state index in [1.54, 1.807) is 19.4 Å². The molecule has 0 amide bonds. The van der Waals surface area contributed by atoms with E-state index in [9.17, 15) is 4.39 Å². The lowest BCUT2D eigenvalue weighted by molar-refractivity contribution is 0.386. The number of guanidine groups is 1. The largest absolute Gasteiger partial charge is 0.494 e. The Labute approximate surface area is 158 Å². The average molecular weight is 447 g/mol. The summed E-state index contributed by atoms with van der Waals surface area (Å²) in [6, 6.07) is 8.62. The Kier molecular flexibility index (Phi) is 8.59. The van der Waals surface area contributed by atoms with Gasteiger partial charge in [-0.2, -0.15) is 0 Å². The van der Waals surface area contributed by atoms with Crippen LogP contribution in [0.25, 0.3) is 0 Å². The number of furan rings is 1. The predicted molar refractivity (Wildman–Crippen MR) is 104 cm³/mol. The molecule has 1 aromatic carbocycles. The lowest BCUT2D eigenvalue weighted by atomic mass is 10.1. The molecule has 0 fully saturated rings. The van der Waals surface area contributed by atoms with Gasteiger partial charge in [-0.05, 0) is 36.8 Å². The van der Waals surface area contributed by atoms with E-state index < -0.39 is 0 Å². The van der Waals surface area contributed by atoms with Crippen molar-refractivity contribution in [3.63, 3.8) is 0 Å². The highest BCUT2D eigenvalue weighted by molar-refractivity contribution is 14.0. The number of hydrogen-bond acceptors (Lipinski definition) is 3. The van der Waals surface area contributed by atoms with E-state index in [2.05, 4.69) is 15.6 Å². The fourth-order valence-corrected chi connectivity index (χ4v) is 2.19. The van der Waals surface area contributed by atoms with Crippen LogP contribution in [-0.2, 0) is 6.42 Å². The first-order chi connectivity index (χ1) is 11.1. The lowest BCUT2D eigenvalue weighted by Gasteiger charge is -2.18. The van der Waals surface area contributed by atoms with Gasteiger partial charge in [0.25, 0.3) is 0 Å². The number of hydrogen-bond donors (Lipinski definition) is 2. The third kappa shape index (κ3) is 5.70. The van der Waals surface area contributed by atoms with Gasteiger partial charge in [-0.1, -0.05) is 6.07 Å². The summed E-state index contributed by atoms with van der Waals surface area (Å²) < 4.78 is 24.0. The van der Waals surface area contributed by atoms with Crippen LogP contribution >= 0.6 is 24.0 Å². The number of benzene rings is 1. The second kappa shape index (κ2) is 10.2. The van der Waals surface area contributed by atoms with Gasteiger partial charge in [0.05, 0.1) is 19.4 Å². The Bertz CT molecular complexity index is 647. The molecule has 0 saturated heterocycles. The Hall–Kier alpha value is -1.77. The van der Waals surface area contributed by atoms with E-state index in [1.165, 1.54) is 13.2 Å². The molecule has 0 saturated carbocycles. The van der Waals surface area contributed by atoms with Gasteiger partial charge >= 0.3 is 0 Å². The van der Waals surface area contributed by atoms with Gasteiger partial charge in [0.1, 0.15) is 5.76 Å². The molecule has 2 rings (SSSR count). The van der Waals surface area contributed by atoms with E-state index in [-0.39, 0.29) is 41.6 Å². The minimum absolute atomic E-state index is 0. The van der Waals surface area contributed by atoms with Gasteiger partial charge < -0.3 is 19.8 Å². The molecule has 1 atom stereocenters. The third-order valence-corrected chi connectivity index (χ3v) is 3.50. The zero-order chi connectivity index (χ0) is 16.7. The topological polar surface area (TPSA) is 58.8 Å². The maximum absolute atomic E-state index is 13.8. The molecule has 24 heavy (non-hydrogen) atoms. The fourth-order valence-electron chi connectivity index (χ4n) is 2.19. The Morgan fingerprint density at radius 1 is 1.38 bits per heavy atom. The molecule has 0 radical (unpaired) electrons. The van der Waals surface area contributed by atoms with Crippen LogP contribution in [0.1, 0.15) is 24.3 Å². The summed E-state index contributed by atoms with van der Waals surface area (Å²) in [7, 11) is 3.15. The van der Waals surface area contributed by atoms with E-state index >= 15 is 0 Å². The second-order valence-electron chi connectivity index (χ2n) is 5.09. The number of nitrogens with one attached hydrogen (secondary N) is 2. The second-order valence-corrected chi connectivity index (χ2v) is 5.09. The van der Waals surface area contributed by atoms with Gasteiger partial charge in [-0.25, -0.2) is 4.39 Å². The SMILES string of the molecule is CN=C(NCCc1ccco1)NC(C)c1ccc(OC)c(F)c1.I. The molecule has 2 N–H and O–H groups in total. The Morgan fingerprint density at radius 2 is 2.17 bits per heavy atom. The van der Waals surface area contributed by atoms with Gasteiger partial charge in [-0.3, -0.25) is 4.99 Å². The van der Waals surface area contributed by atoms with Crippen molar-refractivity contribution in [1.82, 2.24) is 10.6 Å². The molecule has 7 heteroatoms. The quantitative estimate of drug-likeness (QED) is 0.404. The van der Waals surface area contributed by atoms with Crippen molar-refractivity contribution in [2.75, 3.05) is 20.7 Å². The molecule has 0 spiro atoms. The smallest absolute Gasteiger partial charge is 0.191 e. The molecule has 0 aliphatic carbocycles. The van der Waals surface area contributed by atoms with Crippen LogP contribution in [0, 0.1) is 5.82 Å². The minimum atomic E-state index is -0.376. The van der Waals surface area contributed by atoms with Crippen molar-refractivity contribution < 1.29 is 13.5 Å². The van der Waals surface area contributed by atoms with Crippen LogP contribution in [-0.4, -0.2) is 26.7 Å². The fraction of sp³-hybridized carbons (Fsp3) is 0.353. The van der Waals surface area contributed by atoms with Gasteiger partial charge in [-0.15, -0.1) is 24.0 Å². The summed E-state index contributed by atoms with van der Waals surface area (Å²) >= 11 is 0. The maximum Gasteiger partial charge on any atom is 0.191 e. The number of methoxy groups -OCH3 is 1. The highest BCUT2D eigenvalue weighted by Gasteiger charge is 2.11. The number of rotatable bonds is 6. The van der Waals surface area contributed by atoms with Crippen molar-refractivity contribution >= 4 is 29.9 Å². The van der Waals surface area contributed by atoms with Crippen LogP contribution in [0.4, 0.5) is 4.39 Å². The molecule has 2 aromatic rings. The molecule has 1 aromatic heterocycles. The van der Waals surface area contributed by atoms with E-state index in [1.807, 2.05) is 25.1 Å². The summed E-state index contributed by atoms with van der Waals surface area (Å²) in [5, 5.41) is 6.43. The number of ether oxygens (including phenoxy) is 1. The first kappa shape index (κ1) is 20.3. The van der Waals surface area contributed by atoms with Crippen molar-refractivity contribution in [1.29, 1.82) is 0 Å². The standard InChI is InChI=1S/C17H22FN3O2.HI/c1-12(13-6-7-16(22-3)15(18)11-13)21-17(19-2)20-9-8-14-5-4-10-23-14;/h4-7,10-12H,8-9H2,1-3H3,(H2,19,20,21);1H. The van der Waals surface area contributed by atoms with Crippen LogP contribution in [0.15, 0.2) is 46.0 Å². The summed E-state index contributed by atoms with van der Waals surface area (Å²) in [6.45, 7) is 2.64. The molecule has 132 valence electrons. The monoisotopic (exact) mass is 447 g/mol. The molecule has 0 aliphatic rings. The first-order valence-electron chi connectivity index (χ1n) is 7.47. The van der Waals surface area contributed by atoms with Crippen molar-refractivity contribution in [2.24, 2.45) is 4.99 Å². The van der Waals surface area contributed by atoms with Gasteiger partial charge in [0.15, 0.2) is 17.5 Å². The summed E-state index contributed by atoms with van der Waals surface area (Å²) in [5.74, 6) is 1.43. The van der Waals surface area contributed by atoms with Crippen LogP contribution in [0.2, 0.25) is 0 Å². The molecule has 5 nitrogen and oxygen atoms in total. The zero-order valence-electron chi connectivity index (χ0n) is 14.0. The normalized spacial score (nSPS) is 12.2. The van der Waals surface area contributed by atoms with E-state index in [4.69, 9.17) is 9.15 Å². The average Bonchev–Trinajstić information content (AvgIpc) is 3.07. The van der Waals surface area contributed by atoms with Gasteiger partial charge in [0, 0.05) is 20.0 Å². The third-order valence-electron chi connectivity index (χ3n) is 3.50. The predicted octanol–water partition coefficient (Wildman–Crippen LogP) is 3.51. The molecular formula is C17H23FIN3O2. The molecule has 1 heterocycles. The molecule has 0 aliphatic heterocycles. The number of aliphatic imine (C=N–C) groups is 1. The van der Waals surface area contributed by atoms with Crippen LogP contribution in [0.3, 0.4) is 0 Å². The maximum atomic E-state index is 13.8. The molecular weight excluding hydrogens is 424 g/mol. The Morgan fingerprint density at radius 3 is 2.75 bits per heavy atom. The highest BCUT2D eigenvalue weighted by atomic mass is 127. The lowest BCUT2D eigenvalue weighted by Crippen LogP contribution is -2.39. The summed E-state index contributed by atoms with van der Waals surface area (Å²) in [5.41, 5.74) is 0.817.